The van der Waals surface area contributed by atoms with Gasteiger partial charge >= 0.3 is 0 Å². The minimum Gasteiger partial charge on any atom is -0.353 e. The SMILES string of the molecule is CN1CCCC(c2noc3c2CCN3)C1. The van der Waals surface area contributed by atoms with E-state index >= 15 is 0 Å². The quantitative estimate of drug-likeness (QED) is 0.756. The van der Waals surface area contributed by atoms with E-state index in [9.17, 15) is 0 Å². The Balaban J connectivity index is 1.85. The van der Waals surface area contributed by atoms with E-state index in [1.54, 1.807) is 0 Å². The number of hydrogen-bond donors (Lipinski definition) is 1. The van der Waals surface area contributed by atoms with Crippen LogP contribution in [-0.2, 0) is 6.42 Å². The Kier molecular flexibility index (Phi) is 2.16. The first-order valence-electron chi connectivity index (χ1n) is 5.75. The summed E-state index contributed by atoms with van der Waals surface area (Å²) in [4.78, 5) is 2.39. The summed E-state index contributed by atoms with van der Waals surface area (Å²) >= 11 is 0. The van der Waals surface area contributed by atoms with E-state index in [0.29, 0.717) is 5.92 Å². The molecular weight excluding hydrogens is 190 g/mol. The Morgan fingerprint density at radius 3 is 3.33 bits per heavy atom. The lowest BCUT2D eigenvalue weighted by Gasteiger charge is -2.28. The number of rotatable bonds is 1. The molecule has 1 unspecified atom stereocenters. The first-order valence-corrected chi connectivity index (χ1v) is 5.75. The lowest BCUT2D eigenvalue weighted by Crippen LogP contribution is -2.31. The van der Waals surface area contributed by atoms with Crippen LogP contribution >= 0.6 is 0 Å². The first-order chi connectivity index (χ1) is 7.34. The molecule has 2 aliphatic rings. The van der Waals surface area contributed by atoms with Crippen LogP contribution in [0.5, 0.6) is 0 Å². The van der Waals surface area contributed by atoms with Gasteiger partial charge in [-0.05, 0) is 32.9 Å². The third-order valence-electron chi connectivity index (χ3n) is 3.49. The van der Waals surface area contributed by atoms with Gasteiger partial charge in [-0.3, -0.25) is 0 Å². The second-order valence-electron chi connectivity index (χ2n) is 4.65. The molecule has 3 heterocycles. The van der Waals surface area contributed by atoms with Gasteiger partial charge < -0.3 is 14.7 Å². The molecule has 1 N–H and O–H groups in total. The fourth-order valence-electron chi connectivity index (χ4n) is 2.71. The molecule has 1 aromatic rings. The van der Waals surface area contributed by atoms with Crippen molar-refractivity contribution in [3.63, 3.8) is 0 Å². The third-order valence-corrected chi connectivity index (χ3v) is 3.49. The minimum atomic E-state index is 0.580. The number of nitrogens with one attached hydrogen (secondary N) is 1. The Morgan fingerprint density at radius 1 is 1.53 bits per heavy atom. The van der Waals surface area contributed by atoms with Gasteiger partial charge in [0.1, 0.15) is 0 Å². The van der Waals surface area contributed by atoms with Crippen LogP contribution in [0.2, 0.25) is 0 Å². The van der Waals surface area contributed by atoms with Gasteiger partial charge in [0.25, 0.3) is 0 Å². The molecule has 15 heavy (non-hydrogen) atoms. The van der Waals surface area contributed by atoms with Gasteiger partial charge in [-0.1, -0.05) is 5.16 Å². The number of likely N-dealkylation sites (tertiary alicyclic amines) is 1. The molecule has 0 aromatic carbocycles. The molecule has 1 fully saturated rings. The van der Waals surface area contributed by atoms with Crippen molar-refractivity contribution in [3.8, 4) is 0 Å². The van der Waals surface area contributed by atoms with E-state index in [4.69, 9.17) is 4.52 Å². The van der Waals surface area contributed by atoms with E-state index in [2.05, 4.69) is 22.4 Å². The molecule has 0 bridgehead atoms. The highest BCUT2D eigenvalue weighted by Crippen LogP contribution is 2.34. The smallest absolute Gasteiger partial charge is 0.228 e. The maximum atomic E-state index is 5.32. The molecular formula is C11H17N3O. The zero-order valence-corrected chi connectivity index (χ0v) is 9.12. The molecule has 0 radical (unpaired) electrons. The number of anilines is 1. The Morgan fingerprint density at radius 2 is 2.47 bits per heavy atom. The summed E-state index contributed by atoms with van der Waals surface area (Å²) in [6.45, 7) is 3.35. The minimum absolute atomic E-state index is 0.580. The van der Waals surface area contributed by atoms with Crippen LogP contribution in [0.3, 0.4) is 0 Å². The van der Waals surface area contributed by atoms with Crippen LogP contribution in [0.25, 0.3) is 0 Å². The van der Waals surface area contributed by atoms with Gasteiger partial charge in [-0.25, -0.2) is 0 Å². The summed E-state index contributed by atoms with van der Waals surface area (Å²) in [5.41, 5.74) is 2.54. The lowest BCUT2D eigenvalue weighted by atomic mass is 9.92. The van der Waals surface area contributed by atoms with Gasteiger partial charge in [0.05, 0.1) is 5.69 Å². The topological polar surface area (TPSA) is 41.3 Å². The zero-order chi connectivity index (χ0) is 10.3. The normalized spacial score (nSPS) is 26.3. The van der Waals surface area contributed by atoms with Crippen molar-refractivity contribution in [2.24, 2.45) is 0 Å². The number of nitrogens with zero attached hydrogens (tertiary/aromatic N) is 2. The first kappa shape index (κ1) is 9.21. The van der Waals surface area contributed by atoms with Crippen molar-refractivity contribution in [2.75, 3.05) is 32.0 Å². The third kappa shape index (κ3) is 1.53. The molecule has 1 atom stereocenters. The molecule has 4 heteroatoms. The molecule has 1 aromatic heterocycles. The summed E-state index contributed by atoms with van der Waals surface area (Å²) in [5, 5.41) is 7.46. The van der Waals surface area contributed by atoms with Crippen LogP contribution in [0.15, 0.2) is 4.52 Å². The number of hydrogen-bond acceptors (Lipinski definition) is 4. The molecule has 4 nitrogen and oxygen atoms in total. The molecule has 82 valence electrons. The van der Waals surface area contributed by atoms with Crippen molar-refractivity contribution in [1.29, 1.82) is 0 Å². The van der Waals surface area contributed by atoms with Gasteiger partial charge in [0.2, 0.25) is 5.88 Å². The molecule has 0 saturated carbocycles. The highest BCUT2D eigenvalue weighted by molar-refractivity contribution is 5.49. The number of aromatic nitrogens is 1. The fraction of sp³-hybridized carbons (Fsp3) is 0.727. The number of likely N-dealkylation sites (N-methyl/N-ethyl adjacent to an activating group) is 1. The number of fused-ring (bicyclic) bond motifs is 1. The molecule has 1 saturated heterocycles. The Labute approximate surface area is 89.6 Å². The predicted molar refractivity (Wildman–Crippen MR) is 58.2 cm³/mol. The number of piperidine rings is 1. The second kappa shape index (κ2) is 3.52. The average Bonchev–Trinajstić information content (AvgIpc) is 2.77. The Hall–Kier alpha value is -1.03. The summed E-state index contributed by atoms with van der Waals surface area (Å²) in [6, 6.07) is 0. The average molecular weight is 207 g/mol. The highest BCUT2D eigenvalue weighted by Gasteiger charge is 2.28. The van der Waals surface area contributed by atoms with Crippen LogP contribution in [0.4, 0.5) is 5.88 Å². The lowest BCUT2D eigenvalue weighted by molar-refractivity contribution is 0.244. The van der Waals surface area contributed by atoms with E-state index in [1.807, 2.05) is 0 Å². The van der Waals surface area contributed by atoms with Crippen LogP contribution in [0.1, 0.15) is 30.0 Å². The van der Waals surface area contributed by atoms with Crippen molar-refractivity contribution in [1.82, 2.24) is 10.1 Å². The van der Waals surface area contributed by atoms with E-state index in [1.165, 1.54) is 30.6 Å². The Bertz CT molecular complexity index is 361. The van der Waals surface area contributed by atoms with Crippen LogP contribution in [-0.4, -0.2) is 36.7 Å². The van der Waals surface area contributed by atoms with Crippen molar-refractivity contribution < 1.29 is 4.52 Å². The molecule has 0 amide bonds. The standard InChI is InChI=1S/C11H17N3O/c1-14-6-2-3-8(7-14)10-9-4-5-12-11(9)15-13-10/h8,12H,2-7H2,1H3. The maximum Gasteiger partial charge on any atom is 0.228 e. The molecule has 0 aliphatic carbocycles. The highest BCUT2D eigenvalue weighted by atomic mass is 16.5. The fourth-order valence-corrected chi connectivity index (χ4v) is 2.71. The van der Waals surface area contributed by atoms with Crippen molar-refractivity contribution >= 4 is 5.88 Å². The van der Waals surface area contributed by atoms with Gasteiger partial charge in [0.15, 0.2) is 0 Å². The summed E-state index contributed by atoms with van der Waals surface area (Å²) in [6.07, 6.45) is 3.61. The second-order valence-corrected chi connectivity index (χ2v) is 4.65. The van der Waals surface area contributed by atoms with E-state index in [-0.39, 0.29) is 0 Å². The van der Waals surface area contributed by atoms with Crippen molar-refractivity contribution in [2.45, 2.75) is 25.2 Å². The van der Waals surface area contributed by atoms with E-state index < -0.39 is 0 Å². The largest absolute Gasteiger partial charge is 0.353 e. The summed E-state index contributed by atoms with van der Waals surface area (Å²) in [5.74, 6) is 1.49. The van der Waals surface area contributed by atoms with E-state index in [0.717, 1.165) is 25.4 Å². The molecule has 3 rings (SSSR count). The molecule has 0 spiro atoms. The maximum absolute atomic E-state index is 5.32. The molecule has 2 aliphatic heterocycles. The predicted octanol–water partition coefficient (Wildman–Crippen LogP) is 1.45. The van der Waals surface area contributed by atoms with Crippen LogP contribution < -0.4 is 5.32 Å². The summed E-state index contributed by atoms with van der Waals surface area (Å²) in [7, 11) is 2.19. The zero-order valence-electron chi connectivity index (χ0n) is 9.12. The van der Waals surface area contributed by atoms with Gasteiger partial charge in [-0.2, -0.15) is 0 Å². The van der Waals surface area contributed by atoms with Crippen LogP contribution in [0, 0.1) is 0 Å². The summed E-state index contributed by atoms with van der Waals surface area (Å²) < 4.78 is 5.32. The van der Waals surface area contributed by atoms with Crippen molar-refractivity contribution in [3.05, 3.63) is 11.3 Å². The van der Waals surface area contributed by atoms with Gasteiger partial charge in [-0.15, -0.1) is 0 Å². The monoisotopic (exact) mass is 207 g/mol. The van der Waals surface area contributed by atoms with Gasteiger partial charge in [0, 0.05) is 24.6 Å².